The number of nitrogens with one attached hydrogen (secondary N) is 1. The van der Waals surface area contributed by atoms with Crippen molar-refractivity contribution >= 4 is 5.91 Å². The van der Waals surface area contributed by atoms with Gasteiger partial charge in [0.25, 0.3) is 5.91 Å². The highest BCUT2D eigenvalue weighted by Crippen LogP contribution is 2.25. The van der Waals surface area contributed by atoms with Crippen LogP contribution in [0.15, 0.2) is 48.5 Å². The summed E-state index contributed by atoms with van der Waals surface area (Å²) in [5, 5.41) is 3.13. The molecule has 0 unspecified atom stereocenters. The van der Waals surface area contributed by atoms with Crippen molar-refractivity contribution in [3.8, 4) is 5.75 Å². The van der Waals surface area contributed by atoms with E-state index in [1.54, 1.807) is 0 Å². The Morgan fingerprint density at radius 2 is 1.81 bits per heavy atom. The van der Waals surface area contributed by atoms with Crippen molar-refractivity contribution in [3.05, 3.63) is 65.2 Å². The summed E-state index contributed by atoms with van der Waals surface area (Å²) in [7, 11) is 0. The van der Waals surface area contributed by atoms with E-state index in [1.807, 2.05) is 31.2 Å². The summed E-state index contributed by atoms with van der Waals surface area (Å²) < 4.78 is 5.59. The summed E-state index contributed by atoms with van der Waals surface area (Å²) in [6.07, 6.45) is 2.45. The summed E-state index contributed by atoms with van der Waals surface area (Å²) in [4.78, 5) is 15.2. The zero-order chi connectivity index (χ0) is 18.4. The minimum Gasteiger partial charge on any atom is -0.493 e. The molecule has 0 bridgehead atoms. The molecule has 0 spiro atoms. The van der Waals surface area contributed by atoms with Gasteiger partial charge in [0, 0.05) is 6.54 Å². The normalized spacial score (nSPS) is 15.6. The maximum absolute atomic E-state index is 12.7. The Kier molecular flexibility index (Phi) is 6.29. The van der Waals surface area contributed by atoms with Crippen LogP contribution in [0.4, 0.5) is 0 Å². The lowest BCUT2D eigenvalue weighted by Crippen LogP contribution is -2.37. The Bertz CT molecular complexity index is 721. The number of benzene rings is 2. The predicted molar refractivity (Wildman–Crippen MR) is 105 cm³/mol. The number of aryl methyl sites for hydroxylation is 1. The molecule has 0 radical (unpaired) electrons. The second-order valence-electron chi connectivity index (χ2n) is 6.81. The first kappa shape index (κ1) is 18.5. The number of nitrogens with zero attached hydrogens (tertiary/aromatic N) is 1. The van der Waals surface area contributed by atoms with Gasteiger partial charge in [-0.1, -0.05) is 42.0 Å². The summed E-state index contributed by atoms with van der Waals surface area (Å²) in [5.74, 6) is 0.561. The zero-order valence-electron chi connectivity index (χ0n) is 15.7. The first-order chi connectivity index (χ1) is 12.7. The Hall–Kier alpha value is -2.33. The molecular weight excluding hydrogens is 324 g/mol. The molecule has 0 saturated carbocycles. The maximum Gasteiger partial charge on any atom is 0.255 e. The summed E-state index contributed by atoms with van der Waals surface area (Å²) >= 11 is 0. The minimum atomic E-state index is -0.0784. The number of carbonyl (C=O) groups is 1. The molecule has 1 saturated heterocycles. The molecule has 1 amide bonds. The van der Waals surface area contributed by atoms with E-state index >= 15 is 0 Å². The number of ether oxygens (including phenoxy) is 1. The number of hydrogen-bond donors (Lipinski definition) is 1. The quantitative estimate of drug-likeness (QED) is 0.820. The van der Waals surface area contributed by atoms with Crippen molar-refractivity contribution in [1.29, 1.82) is 0 Å². The lowest BCUT2D eigenvalue weighted by Gasteiger charge is -2.28. The van der Waals surface area contributed by atoms with E-state index in [9.17, 15) is 4.79 Å². The van der Waals surface area contributed by atoms with E-state index in [0.29, 0.717) is 24.5 Å². The van der Waals surface area contributed by atoms with Crippen molar-refractivity contribution in [2.24, 2.45) is 0 Å². The minimum absolute atomic E-state index is 0.0784. The van der Waals surface area contributed by atoms with Gasteiger partial charge in [-0.2, -0.15) is 0 Å². The number of amides is 1. The van der Waals surface area contributed by atoms with Gasteiger partial charge >= 0.3 is 0 Å². The third-order valence-corrected chi connectivity index (χ3v) is 4.93. The fraction of sp³-hybridized carbons (Fsp3) is 0.409. The predicted octanol–water partition coefficient (Wildman–Crippen LogP) is 3.96. The Morgan fingerprint density at radius 3 is 2.50 bits per heavy atom. The molecule has 2 aromatic rings. The summed E-state index contributed by atoms with van der Waals surface area (Å²) in [6.45, 7) is 7.34. The van der Waals surface area contributed by atoms with Gasteiger partial charge < -0.3 is 10.1 Å². The number of carbonyl (C=O) groups excluding carboxylic acids is 1. The molecule has 4 nitrogen and oxygen atoms in total. The highest BCUT2D eigenvalue weighted by molar-refractivity contribution is 5.96. The molecule has 1 N–H and O–H groups in total. The largest absolute Gasteiger partial charge is 0.493 e. The monoisotopic (exact) mass is 352 g/mol. The third kappa shape index (κ3) is 4.44. The first-order valence-corrected chi connectivity index (χ1v) is 9.49. The molecule has 1 aliphatic rings. The first-order valence-electron chi connectivity index (χ1n) is 9.49. The lowest BCUT2D eigenvalue weighted by molar-refractivity contribution is 0.0934. The highest BCUT2D eigenvalue weighted by Gasteiger charge is 2.24. The Labute approximate surface area is 156 Å². The second-order valence-corrected chi connectivity index (χ2v) is 6.81. The fourth-order valence-electron chi connectivity index (χ4n) is 3.52. The lowest BCUT2D eigenvalue weighted by atomic mass is 10.0. The number of hydrogen-bond acceptors (Lipinski definition) is 3. The Balaban J connectivity index is 1.73. The van der Waals surface area contributed by atoms with E-state index in [2.05, 4.69) is 41.4 Å². The van der Waals surface area contributed by atoms with Crippen LogP contribution in [-0.4, -0.2) is 37.0 Å². The molecule has 1 heterocycles. The SMILES string of the molecule is CCOc1ccccc1C(=O)NC[C@H](c1ccc(C)cc1)N1CCCC1. The average molecular weight is 352 g/mol. The molecular formula is C22H28N2O2. The van der Waals surface area contributed by atoms with Gasteiger partial charge in [-0.15, -0.1) is 0 Å². The van der Waals surface area contributed by atoms with E-state index in [0.717, 1.165) is 13.1 Å². The van der Waals surface area contributed by atoms with Crippen molar-refractivity contribution in [3.63, 3.8) is 0 Å². The summed E-state index contributed by atoms with van der Waals surface area (Å²) in [6, 6.07) is 16.3. The molecule has 1 atom stereocenters. The van der Waals surface area contributed by atoms with Gasteiger partial charge in [0.2, 0.25) is 0 Å². The van der Waals surface area contributed by atoms with Gasteiger partial charge in [0.1, 0.15) is 5.75 Å². The molecule has 3 rings (SSSR count). The summed E-state index contributed by atoms with van der Waals surface area (Å²) in [5.41, 5.74) is 3.11. The number of rotatable bonds is 7. The van der Waals surface area contributed by atoms with Crippen molar-refractivity contribution in [2.45, 2.75) is 32.7 Å². The standard InChI is InChI=1S/C22H28N2O2/c1-3-26-21-9-5-4-8-19(21)22(25)23-16-20(24-14-6-7-15-24)18-12-10-17(2)11-13-18/h4-5,8-13,20H,3,6-7,14-16H2,1-2H3,(H,23,25)/t20-/m1/s1. The van der Waals surface area contributed by atoms with Crippen LogP contribution in [0.1, 0.15) is 47.3 Å². The van der Waals surface area contributed by atoms with Gasteiger partial charge in [0.15, 0.2) is 0 Å². The van der Waals surface area contributed by atoms with Crippen LogP contribution < -0.4 is 10.1 Å². The van der Waals surface area contributed by atoms with Crippen LogP contribution >= 0.6 is 0 Å². The van der Waals surface area contributed by atoms with Crippen LogP contribution in [0.2, 0.25) is 0 Å². The Morgan fingerprint density at radius 1 is 1.12 bits per heavy atom. The van der Waals surface area contributed by atoms with Gasteiger partial charge in [-0.3, -0.25) is 9.69 Å². The van der Waals surface area contributed by atoms with E-state index < -0.39 is 0 Å². The molecule has 2 aromatic carbocycles. The average Bonchev–Trinajstić information content (AvgIpc) is 3.18. The third-order valence-electron chi connectivity index (χ3n) is 4.93. The van der Waals surface area contributed by atoms with E-state index in [-0.39, 0.29) is 11.9 Å². The molecule has 26 heavy (non-hydrogen) atoms. The van der Waals surface area contributed by atoms with E-state index in [1.165, 1.54) is 24.0 Å². The van der Waals surface area contributed by atoms with Crippen molar-refractivity contribution in [1.82, 2.24) is 10.2 Å². The topological polar surface area (TPSA) is 41.6 Å². The van der Waals surface area contributed by atoms with Gasteiger partial charge in [-0.25, -0.2) is 0 Å². The van der Waals surface area contributed by atoms with Crippen molar-refractivity contribution < 1.29 is 9.53 Å². The van der Waals surface area contributed by atoms with Crippen molar-refractivity contribution in [2.75, 3.05) is 26.2 Å². The molecule has 0 aromatic heterocycles. The van der Waals surface area contributed by atoms with Crippen LogP contribution in [0, 0.1) is 6.92 Å². The smallest absolute Gasteiger partial charge is 0.255 e. The van der Waals surface area contributed by atoms with E-state index in [4.69, 9.17) is 4.74 Å². The van der Waals surface area contributed by atoms with Gasteiger partial charge in [0.05, 0.1) is 18.2 Å². The van der Waals surface area contributed by atoms with Crippen LogP contribution in [0.25, 0.3) is 0 Å². The highest BCUT2D eigenvalue weighted by atomic mass is 16.5. The van der Waals surface area contributed by atoms with Crippen LogP contribution in [-0.2, 0) is 0 Å². The maximum atomic E-state index is 12.7. The second kappa shape index (κ2) is 8.86. The van der Waals surface area contributed by atoms with Crippen LogP contribution in [0.3, 0.4) is 0 Å². The molecule has 1 fully saturated rings. The molecule has 4 heteroatoms. The van der Waals surface area contributed by atoms with Gasteiger partial charge in [-0.05, 0) is 57.5 Å². The molecule has 1 aliphatic heterocycles. The number of para-hydroxylation sites is 1. The zero-order valence-corrected chi connectivity index (χ0v) is 15.7. The van der Waals surface area contributed by atoms with Crippen LogP contribution in [0.5, 0.6) is 5.75 Å². The number of likely N-dealkylation sites (tertiary alicyclic amines) is 1. The fourth-order valence-corrected chi connectivity index (χ4v) is 3.52. The molecule has 0 aliphatic carbocycles. The molecule has 138 valence electrons.